The molecule has 0 aliphatic carbocycles. The van der Waals surface area contributed by atoms with Gasteiger partial charge in [-0.3, -0.25) is 4.79 Å². The van der Waals surface area contributed by atoms with E-state index in [1.165, 1.54) is 23.0 Å². The van der Waals surface area contributed by atoms with Crippen molar-refractivity contribution in [1.29, 1.82) is 0 Å². The van der Waals surface area contributed by atoms with Crippen LogP contribution >= 0.6 is 0 Å². The Hall–Kier alpha value is -2.73. The van der Waals surface area contributed by atoms with Crippen molar-refractivity contribution in [2.24, 2.45) is 5.92 Å². The predicted molar refractivity (Wildman–Crippen MR) is 188 cm³/mol. The van der Waals surface area contributed by atoms with Crippen molar-refractivity contribution in [2.45, 2.75) is 93.3 Å². The molecule has 0 saturated carbocycles. The summed E-state index contributed by atoms with van der Waals surface area (Å²) in [6, 6.07) is 4.75. The fraction of sp³-hybridized carbons (Fsp3) is 0.606. The van der Waals surface area contributed by atoms with Crippen LogP contribution in [-0.4, -0.2) is 89.2 Å². The van der Waals surface area contributed by atoms with E-state index in [2.05, 4.69) is 15.3 Å². The minimum atomic E-state index is -3.40. The number of fused-ring (bicyclic) bond motifs is 9. The number of anilines is 1. The van der Waals surface area contributed by atoms with Crippen molar-refractivity contribution >= 4 is 58.1 Å². The molecule has 1 N–H and O–H groups in total. The Morgan fingerprint density at radius 1 is 0.918 bits per heavy atom. The van der Waals surface area contributed by atoms with Crippen LogP contribution in [0.25, 0.3) is 11.0 Å². The molecule has 49 heavy (non-hydrogen) atoms. The average Bonchev–Trinajstić information content (AvgIpc) is 3.03. The zero-order valence-electron chi connectivity index (χ0n) is 27.7. The minimum Gasteiger partial charge on any atom is -0.363 e. The molecule has 252 valence electrons. The largest absolute Gasteiger partial charge is 0.363 e. The minimum absolute atomic E-state index is 0.00930. The van der Waals surface area contributed by atoms with E-state index in [1.54, 1.807) is 13.0 Å². The first kappa shape index (κ1) is 36.1. The van der Waals surface area contributed by atoms with Crippen LogP contribution in [0.15, 0.2) is 35.4 Å². The van der Waals surface area contributed by atoms with E-state index in [1.807, 2.05) is 4.90 Å². The second-order valence-electron chi connectivity index (χ2n) is 14.2. The summed E-state index contributed by atoms with van der Waals surface area (Å²) in [4.78, 5) is 25.0. The first-order valence-corrected chi connectivity index (χ1v) is 18.8. The third-order valence-electron chi connectivity index (χ3n) is 10.7. The third kappa shape index (κ3) is 7.37. The van der Waals surface area contributed by atoms with Gasteiger partial charge in [0, 0.05) is 17.5 Å². The molecule has 1 atom stereocenters. The summed E-state index contributed by atoms with van der Waals surface area (Å²) in [5, 5.41) is 0.476. The maximum absolute atomic E-state index is 16.0. The molecule has 2 saturated heterocycles. The summed E-state index contributed by atoms with van der Waals surface area (Å²) < 4.78 is 72.9. The van der Waals surface area contributed by atoms with Crippen molar-refractivity contribution in [1.82, 2.24) is 19.4 Å². The van der Waals surface area contributed by atoms with E-state index in [-0.39, 0.29) is 66.6 Å². The highest BCUT2D eigenvalue weighted by Crippen LogP contribution is 2.40. The fourth-order valence-corrected chi connectivity index (χ4v) is 9.16. The summed E-state index contributed by atoms with van der Waals surface area (Å²) in [6.45, 7) is 2.65. The molecule has 6 heterocycles. The highest BCUT2D eigenvalue weighted by molar-refractivity contribution is 7.91. The van der Waals surface area contributed by atoms with Gasteiger partial charge in [0.25, 0.3) is 11.5 Å². The number of benzene rings is 1. The Labute approximate surface area is 291 Å². The number of sulfone groups is 1. The van der Waals surface area contributed by atoms with Gasteiger partial charge in [-0.05, 0) is 81.8 Å². The van der Waals surface area contributed by atoms with Gasteiger partial charge in [0.1, 0.15) is 33.4 Å². The molecule has 7 rings (SSSR count). The van der Waals surface area contributed by atoms with Gasteiger partial charge >= 0.3 is 0 Å². The molecule has 4 aliphatic rings. The molecular weight excluding hydrogens is 647 g/mol. The lowest BCUT2D eigenvalue weighted by molar-refractivity contribution is -0.0254. The molecular formula is C33H38B4F3N5O3S. The standard InChI is InChI=1S/C33H38B4F3N5O3S/c1-20-23-4-2-5-26(27(23)38)31(39,40)13-6-21-7-14-44(15-8-21)32(34,35)11-3-12-33(36,37)45-29-25(28(43-20)41-19-42-29)18-24(30(45)46)22-9-16-49(47,48)17-10-22/h2,4-5,18-22H,3,6-17H2,1H3,(H,41,42,43)/t20-/m1/s1. The number of rotatable bonds is 1. The second-order valence-corrected chi connectivity index (χ2v) is 16.5. The van der Waals surface area contributed by atoms with Gasteiger partial charge in [0.05, 0.1) is 59.9 Å². The summed E-state index contributed by atoms with van der Waals surface area (Å²) >= 11 is 0. The number of hydrogen-bond donors (Lipinski definition) is 1. The van der Waals surface area contributed by atoms with Crippen LogP contribution in [0.3, 0.4) is 0 Å². The average molecular weight is 685 g/mol. The van der Waals surface area contributed by atoms with E-state index >= 15 is 13.2 Å². The van der Waals surface area contributed by atoms with E-state index in [4.69, 9.17) is 31.4 Å². The first-order valence-electron chi connectivity index (χ1n) is 16.9. The smallest absolute Gasteiger partial charge is 0.276 e. The lowest BCUT2D eigenvalue weighted by Gasteiger charge is -2.45. The van der Waals surface area contributed by atoms with Crippen molar-refractivity contribution in [3.05, 3.63) is 63.5 Å². The van der Waals surface area contributed by atoms with Gasteiger partial charge in [-0.25, -0.2) is 31.6 Å². The predicted octanol–water partition coefficient (Wildman–Crippen LogP) is 4.10. The van der Waals surface area contributed by atoms with Crippen LogP contribution in [-0.2, 0) is 21.1 Å². The molecule has 8 bridgehead atoms. The number of pyridine rings is 1. The number of piperidine rings is 1. The zero-order valence-corrected chi connectivity index (χ0v) is 28.5. The molecule has 3 aromatic rings. The van der Waals surface area contributed by atoms with Crippen LogP contribution in [0.5, 0.6) is 0 Å². The molecule has 0 amide bonds. The number of alkyl halides is 2. The number of nitrogens with zero attached hydrogens (tertiary/aromatic N) is 4. The van der Waals surface area contributed by atoms with Crippen molar-refractivity contribution in [3.63, 3.8) is 0 Å². The third-order valence-corrected chi connectivity index (χ3v) is 12.4. The lowest BCUT2D eigenvalue weighted by Crippen LogP contribution is -2.53. The van der Waals surface area contributed by atoms with Gasteiger partial charge in [-0.1, -0.05) is 36.4 Å². The normalized spacial score (nSPS) is 27.2. The highest BCUT2D eigenvalue weighted by Gasteiger charge is 2.38. The molecule has 2 fully saturated rings. The van der Waals surface area contributed by atoms with Gasteiger partial charge < -0.3 is 14.8 Å². The van der Waals surface area contributed by atoms with Gasteiger partial charge in [0.2, 0.25) is 0 Å². The monoisotopic (exact) mass is 685 g/mol. The zero-order chi connectivity index (χ0) is 35.4. The van der Waals surface area contributed by atoms with Crippen LogP contribution in [0.1, 0.15) is 93.4 Å². The summed E-state index contributed by atoms with van der Waals surface area (Å²) in [7, 11) is 23.4. The number of halogens is 3. The van der Waals surface area contributed by atoms with Gasteiger partial charge in [0.15, 0.2) is 0 Å². The van der Waals surface area contributed by atoms with Crippen LogP contribution in [0, 0.1) is 11.7 Å². The van der Waals surface area contributed by atoms with Crippen molar-refractivity contribution in [2.75, 3.05) is 29.9 Å². The molecule has 8 radical (unpaired) electrons. The number of hydrogen-bond acceptors (Lipinski definition) is 7. The van der Waals surface area contributed by atoms with Crippen molar-refractivity contribution in [3.8, 4) is 0 Å². The SMILES string of the molecule is [B]C1([B])CCCC([B])([B])n2c(=O)c(C3CCS(=O)(=O)CC3)cc3c(ncnc32)N[C@H](C)c2cccc(c2F)C(F)(F)CCC2CCN1CC2. The maximum Gasteiger partial charge on any atom is 0.276 e. The molecule has 16 heteroatoms. The second kappa shape index (κ2) is 13.4. The molecule has 0 spiro atoms. The molecule has 8 nitrogen and oxygen atoms in total. The van der Waals surface area contributed by atoms with E-state index < -0.39 is 61.8 Å². The lowest BCUT2D eigenvalue weighted by atomic mass is 9.55. The molecule has 0 unspecified atom stereocenters. The van der Waals surface area contributed by atoms with Gasteiger partial charge in [-0.15, -0.1) is 0 Å². The Morgan fingerprint density at radius 3 is 2.29 bits per heavy atom. The highest BCUT2D eigenvalue weighted by atomic mass is 32.2. The van der Waals surface area contributed by atoms with Gasteiger partial charge in [-0.2, -0.15) is 0 Å². The van der Waals surface area contributed by atoms with Crippen molar-refractivity contribution < 1.29 is 21.6 Å². The van der Waals surface area contributed by atoms with Crippen LogP contribution in [0.2, 0.25) is 0 Å². The Kier molecular flexibility index (Phi) is 9.89. The Balaban J connectivity index is 1.48. The fourth-order valence-electron chi connectivity index (χ4n) is 7.67. The number of nitrogens with one attached hydrogen (secondary N) is 1. The van der Waals surface area contributed by atoms with E-state index in [0.29, 0.717) is 43.3 Å². The van der Waals surface area contributed by atoms with Crippen LogP contribution < -0.4 is 10.9 Å². The Morgan fingerprint density at radius 2 is 1.59 bits per heavy atom. The van der Waals surface area contributed by atoms with Crippen LogP contribution in [0.4, 0.5) is 19.0 Å². The molecule has 2 aromatic heterocycles. The summed E-state index contributed by atoms with van der Waals surface area (Å²) in [5.41, 5.74) is -0.755. The first-order chi connectivity index (χ1) is 23.0. The van der Waals surface area contributed by atoms with E-state index in [0.717, 1.165) is 6.07 Å². The summed E-state index contributed by atoms with van der Waals surface area (Å²) in [6.07, 6.45) is 3.34. The van der Waals surface area contributed by atoms with E-state index in [9.17, 15) is 13.2 Å². The topological polar surface area (TPSA) is 97.2 Å². The maximum atomic E-state index is 16.0. The summed E-state index contributed by atoms with van der Waals surface area (Å²) in [5.74, 6) is -4.77. The molecule has 4 aliphatic heterocycles. The Bertz CT molecular complexity index is 1870. The number of aromatic nitrogens is 3. The molecule has 1 aromatic carbocycles. The quantitative estimate of drug-likeness (QED) is 0.386.